The van der Waals surface area contributed by atoms with Crippen LogP contribution in [0, 0.1) is 11.3 Å². The van der Waals surface area contributed by atoms with Crippen LogP contribution in [0.3, 0.4) is 0 Å². The maximum atomic E-state index is 8.78. The zero-order valence-corrected chi connectivity index (χ0v) is 12.8. The Morgan fingerprint density at radius 2 is 1.95 bits per heavy atom. The van der Waals surface area contributed by atoms with Gasteiger partial charge >= 0.3 is 0 Å². The monoisotopic (exact) mass is 287 g/mol. The normalized spacial score (nSPS) is 15.9. The van der Waals surface area contributed by atoms with Crippen LogP contribution in [0.15, 0.2) is 24.3 Å². The van der Waals surface area contributed by atoms with Crippen LogP contribution in [-0.2, 0) is 0 Å². The van der Waals surface area contributed by atoms with Gasteiger partial charge in [-0.05, 0) is 63.2 Å². The number of piperidine rings is 1. The summed E-state index contributed by atoms with van der Waals surface area (Å²) in [7, 11) is 0. The average Bonchev–Trinajstić information content (AvgIpc) is 2.55. The van der Waals surface area contributed by atoms with Gasteiger partial charge in [-0.25, -0.2) is 0 Å². The molecular formula is C17H25N3O. The minimum absolute atomic E-state index is 0.671. The predicted octanol–water partition coefficient (Wildman–Crippen LogP) is 2.40. The van der Waals surface area contributed by atoms with E-state index in [9.17, 15) is 0 Å². The van der Waals surface area contributed by atoms with Crippen LogP contribution in [0.25, 0.3) is 0 Å². The molecule has 4 heteroatoms. The highest BCUT2D eigenvalue weighted by molar-refractivity contribution is 5.34. The Hall–Kier alpha value is -1.57. The molecule has 0 saturated carbocycles. The molecule has 1 fully saturated rings. The van der Waals surface area contributed by atoms with Crippen LogP contribution < -0.4 is 10.1 Å². The van der Waals surface area contributed by atoms with E-state index in [1.807, 2.05) is 12.1 Å². The van der Waals surface area contributed by atoms with Crippen molar-refractivity contribution >= 4 is 0 Å². The van der Waals surface area contributed by atoms with Gasteiger partial charge in [-0.1, -0.05) is 6.92 Å². The highest BCUT2D eigenvalue weighted by atomic mass is 16.5. The van der Waals surface area contributed by atoms with Crippen molar-refractivity contribution in [1.29, 1.82) is 5.26 Å². The second kappa shape index (κ2) is 8.66. The number of rotatable bonds is 7. The van der Waals surface area contributed by atoms with Crippen molar-refractivity contribution in [2.24, 2.45) is 0 Å². The van der Waals surface area contributed by atoms with E-state index in [1.165, 1.54) is 19.3 Å². The smallest absolute Gasteiger partial charge is 0.119 e. The van der Waals surface area contributed by atoms with Gasteiger partial charge in [0, 0.05) is 12.6 Å². The molecule has 0 amide bonds. The van der Waals surface area contributed by atoms with Crippen LogP contribution in [0.5, 0.6) is 5.75 Å². The Labute approximate surface area is 127 Å². The minimum Gasteiger partial charge on any atom is -0.492 e. The molecule has 4 nitrogen and oxygen atoms in total. The fraction of sp³-hybridized carbons (Fsp3) is 0.588. The lowest BCUT2D eigenvalue weighted by Gasteiger charge is -2.34. The largest absolute Gasteiger partial charge is 0.492 e. The van der Waals surface area contributed by atoms with Crippen LogP contribution in [0.2, 0.25) is 0 Å². The Morgan fingerprint density at radius 3 is 2.57 bits per heavy atom. The van der Waals surface area contributed by atoms with Gasteiger partial charge in [0.25, 0.3) is 0 Å². The van der Waals surface area contributed by atoms with E-state index >= 15 is 0 Å². The third-order valence-corrected chi connectivity index (χ3v) is 3.97. The average molecular weight is 287 g/mol. The lowest BCUT2D eigenvalue weighted by atomic mass is 10.0. The Morgan fingerprint density at radius 1 is 1.24 bits per heavy atom. The standard InChI is InChI=1S/C17H25N3O/c1-2-11-20(16-7-9-19-10-8-16)12-13-21-17-5-3-15(14-18)4-6-17/h3-6,16,19H,2,7-13H2,1H3. The molecule has 0 unspecified atom stereocenters. The molecule has 1 heterocycles. The van der Waals surface area contributed by atoms with Crippen molar-refractivity contribution < 1.29 is 4.74 Å². The van der Waals surface area contributed by atoms with Crippen molar-refractivity contribution in [3.63, 3.8) is 0 Å². The second-order valence-electron chi connectivity index (χ2n) is 5.50. The first-order valence-corrected chi connectivity index (χ1v) is 7.91. The molecular weight excluding hydrogens is 262 g/mol. The Bertz CT molecular complexity index is 446. The third kappa shape index (κ3) is 5.04. The van der Waals surface area contributed by atoms with Crippen LogP contribution >= 0.6 is 0 Å². The van der Waals surface area contributed by atoms with Gasteiger partial charge in [0.05, 0.1) is 11.6 Å². The zero-order chi connectivity index (χ0) is 14.9. The molecule has 0 radical (unpaired) electrons. The van der Waals surface area contributed by atoms with Crippen molar-refractivity contribution in [1.82, 2.24) is 10.2 Å². The Balaban J connectivity index is 1.79. The highest BCUT2D eigenvalue weighted by Crippen LogP contribution is 2.14. The summed E-state index contributed by atoms with van der Waals surface area (Å²) >= 11 is 0. The molecule has 1 aliphatic heterocycles. The summed E-state index contributed by atoms with van der Waals surface area (Å²) in [6, 6.07) is 10.1. The van der Waals surface area contributed by atoms with E-state index in [0.717, 1.165) is 31.9 Å². The number of nitrogens with zero attached hydrogens (tertiary/aromatic N) is 2. The van der Waals surface area contributed by atoms with E-state index in [0.29, 0.717) is 18.2 Å². The summed E-state index contributed by atoms with van der Waals surface area (Å²) < 4.78 is 5.81. The summed E-state index contributed by atoms with van der Waals surface area (Å²) in [6.45, 7) is 7.30. The SMILES string of the molecule is CCCN(CCOc1ccc(C#N)cc1)C1CCNCC1. The molecule has 0 aromatic heterocycles. The predicted molar refractivity (Wildman–Crippen MR) is 84.4 cm³/mol. The van der Waals surface area contributed by atoms with Crippen molar-refractivity contribution in [3.8, 4) is 11.8 Å². The molecule has 1 aliphatic rings. The number of hydrogen-bond acceptors (Lipinski definition) is 4. The van der Waals surface area contributed by atoms with E-state index < -0.39 is 0 Å². The third-order valence-electron chi connectivity index (χ3n) is 3.97. The maximum Gasteiger partial charge on any atom is 0.119 e. The van der Waals surface area contributed by atoms with Gasteiger partial charge < -0.3 is 10.1 Å². The molecule has 0 bridgehead atoms. The molecule has 0 atom stereocenters. The first kappa shape index (κ1) is 15.8. The summed E-state index contributed by atoms with van der Waals surface area (Å²) in [6.07, 6.45) is 3.65. The number of nitrogens with one attached hydrogen (secondary N) is 1. The maximum absolute atomic E-state index is 8.78. The zero-order valence-electron chi connectivity index (χ0n) is 12.8. The highest BCUT2D eigenvalue weighted by Gasteiger charge is 2.19. The first-order chi connectivity index (χ1) is 10.3. The number of hydrogen-bond donors (Lipinski definition) is 1. The summed E-state index contributed by atoms with van der Waals surface area (Å²) in [4.78, 5) is 2.56. The van der Waals surface area contributed by atoms with E-state index in [4.69, 9.17) is 10.00 Å². The molecule has 21 heavy (non-hydrogen) atoms. The van der Waals surface area contributed by atoms with Crippen molar-refractivity contribution in [3.05, 3.63) is 29.8 Å². The number of benzene rings is 1. The van der Waals surface area contributed by atoms with E-state index in [1.54, 1.807) is 12.1 Å². The molecule has 0 aliphatic carbocycles. The molecule has 1 aromatic carbocycles. The summed E-state index contributed by atoms with van der Waals surface area (Å²) in [5.74, 6) is 0.843. The molecule has 114 valence electrons. The fourth-order valence-electron chi connectivity index (χ4n) is 2.84. The summed E-state index contributed by atoms with van der Waals surface area (Å²) in [5.41, 5.74) is 0.671. The second-order valence-corrected chi connectivity index (χ2v) is 5.50. The van der Waals surface area contributed by atoms with Gasteiger partial charge in [0.1, 0.15) is 12.4 Å². The molecule has 0 spiro atoms. The van der Waals surface area contributed by atoms with Crippen molar-refractivity contribution in [2.75, 3.05) is 32.8 Å². The quantitative estimate of drug-likeness (QED) is 0.836. The topological polar surface area (TPSA) is 48.3 Å². The van der Waals surface area contributed by atoms with Crippen LogP contribution in [-0.4, -0.2) is 43.7 Å². The molecule has 1 aromatic rings. The summed E-state index contributed by atoms with van der Waals surface area (Å²) in [5, 5.41) is 12.2. The number of ether oxygens (including phenoxy) is 1. The molecule has 2 rings (SSSR count). The van der Waals surface area contributed by atoms with E-state index in [2.05, 4.69) is 23.2 Å². The van der Waals surface area contributed by atoms with Gasteiger partial charge in [0.15, 0.2) is 0 Å². The number of nitriles is 1. The van der Waals surface area contributed by atoms with E-state index in [-0.39, 0.29) is 0 Å². The fourth-order valence-corrected chi connectivity index (χ4v) is 2.84. The van der Waals surface area contributed by atoms with Crippen LogP contribution in [0.4, 0.5) is 0 Å². The molecule has 1 N–H and O–H groups in total. The van der Waals surface area contributed by atoms with Gasteiger partial charge in [-0.15, -0.1) is 0 Å². The molecule has 1 saturated heterocycles. The minimum atomic E-state index is 0.671. The first-order valence-electron chi connectivity index (χ1n) is 7.91. The van der Waals surface area contributed by atoms with Gasteiger partial charge in [0.2, 0.25) is 0 Å². The van der Waals surface area contributed by atoms with Crippen molar-refractivity contribution in [2.45, 2.75) is 32.2 Å². The Kier molecular flexibility index (Phi) is 6.52. The van der Waals surface area contributed by atoms with Gasteiger partial charge in [-0.2, -0.15) is 5.26 Å². The van der Waals surface area contributed by atoms with Gasteiger partial charge in [-0.3, -0.25) is 4.90 Å². The lowest BCUT2D eigenvalue weighted by molar-refractivity contribution is 0.135. The van der Waals surface area contributed by atoms with Crippen LogP contribution in [0.1, 0.15) is 31.7 Å². The lowest BCUT2D eigenvalue weighted by Crippen LogP contribution is -2.45.